The first-order chi connectivity index (χ1) is 15.1. The van der Waals surface area contributed by atoms with Gasteiger partial charge in [-0.25, -0.2) is 0 Å². The average Bonchev–Trinajstić information content (AvgIpc) is 3.55. The molecule has 2 unspecified atom stereocenters. The van der Waals surface area contributed by atoms with Gasteiger partial charge in [-0.3, -0.25) is 9.59 Å². The zero-order valence-electron chi connectivity index (χ0n) is 17.5. The maximum atomic E-state index is 12.4. The van der Waals surface area contributed by atoms with E-state index in [2.05, 4.69) is 17.6 Å². The lowest BCUT2D eigenvalue weighted by Gasteiger charge is -2.12. The smallest absolute Gasteiger partial charge is 0.251 e. The summed E-state index contributed by atoms with van der Waals surface area (Å²) >= 11 is 0. The number of ether oxygens (including phenoxy) is 1. The van der Waals surface area contributed by atoms with Crippen LogP contribution in [0.4, 0.5) is 5.69 Å². The van der Waals surface area contributed by atoms with Gasteiger partial charge in [-0.05, 0) is 48.2 Å². The van der Waals surface area contributed by atoms with Crippen LogP contribution in [0.15, 0.2) is 78.9 Å². The number of hydrogen-bond donors (Lipinski definition) is 2. The Morgan fingerprint density at radius 2 is 1.61 bits per heavy atom. The van der Waals surface area contributed by atoms with Gasteiger partial charge in [-0.2, -0.15) is 0 Å². The third-order valence-corrected chi connectivity index (χ3v) is 5.48. The second-order valence-corrected chi connectivity index (χ2v) is 7.85. The Hall–Kier alpha value is -3.60. The molecule has 0 bridgehead atoms. The number of rotatable bonds is 8. The minimum absolute atomic E-state index is 0.0534. The van der Waals surface area contributed by atoms with E-state index in [1.165, 1.54) is 0 Å². The normalized spacial score (nSPS) is 16.9. The molecule has 1 aliphatic carbocycles. The predicted molar refractivity (Wildman–Crippen MR) is 122 cm³/mol. The van der Waals surface area contributed by atoms with Crippen LogP contribution < -0.4 is 15.4 Å². The van der Waals surface area contributed by atoms with Crippen LogP contribution in [0, 0.1) is 11.8 Å². The molecule has 3 aromatic rings. The number of para-hydroxylation sites is 1. The van der Waals surface area contributed by atoms with Crippen molar-refractivity contribution in [2.45, 2.75) is 13.3 Å². The SMILES string of the molecule is CC1CC1C(=O)Nc1ccc(C(=O)NCCOc2ccccc2-c2ccccc2)cc1. The lowest BCUT2D eigenvalue weighted by Crippen LogP contribution is -2.28. The van der Waals surface area contributed by atoms with Gasteiger partial charge in [0.15, 0.2) is 0 Å². The minimum atomic E-state index is -0.173. The Morgan fingerprint density at radius 1 is 0.935 bits per heavy atom. The zero-order chi connectivity index (χ0) is 21.6. The quantitative estimate of drug-likeness (QED) is 0.523. The summed E-state index contributed by atoms with van der Waals surface area (Å²) in [4.78, 5) is 24.4. The van der Waals surface area contributed by atoms with Crippen molar-refractivity contribution in [1.82, 2.24) is 5.32 Å². The highest BCUT2D eigenvalue weighted by Crippen LogP contribution is 2.38. The standard InChI is InChI=1S/C26H26N2O3/c1-18-17-23(18)26(30)28-21-13-11-20(12-14-21)25(29)27-15-16-31-24-10-6-5-9-22(24)19-7-3-2-4-8-19/h2-14,18,23H,15-17H2,1H3,(H,27,29)(H,28,30). The third-order valence-electron chi connectivity index (χ3n) is 5.48. The predicted octanol–water partition coefficient (Wildman–Crippen LogP) is 4.76. The Labute approximate surface area is 182 Å². The highest BCUT2D eigenvalue weighted by molar-refractivity contribution is 5.97. The topological polar surface area (TPSA) is 67.4 Å². The molecule has 0 aromatic heterocycles. The van der Waals surface area contributed by atoms with Crippen LogP contribution in [-0.2, 0) is 4.79 Å². The minimum Gasteiger partial charge on any atom is -0.491 e. The van der Waals surface area contributed by atoms with E-state index in [0.29, 0.717) is 30.3 Å². The molecule has 3 aromatic carbocycles. The molecule has 1 fully saturated rings. The fraction of sp³-hybridized carbons (Fsp3) is 0.231. The van der Waals surface area contributed by atoms with E-state index in [1.54, 1.807) is 24.3 Å². The first-order valence-electron chi connectivity index (χ1n) is 10.6. The van der Waals surface area contributed by atoms with Gasteiger partial charge in [-0.1, -0.05) is 55.5 Å². The molecule has 4 rings (SSSR count). The van der Waals surface area contributed by atoms with Crippen molar-refractivity contribution in [1.29, 1.82) is 0 Å². The van der Waals surface area contributed by atoms with Crippen molar-refractivity contribution in [2.75, 3.05) is 18.5 Å². The molecule has 5 heteroatoms. The number of amides is 2. The fourth-order valence-corrected chi connectivity index (χ4v) is 3.50. The summed E-state index contributed by atoms with van der Waals surface area (Å²) in [5.74, 6) is 1.25. The van der Waals surface area contributed by atoms with E-state index in [0.717, 1.165) is 23.3 Å². The molecular formula is C26H26N2O3. The van der Waals surface area contributed by atoms with Gasteiger partial charge < -0.3 is 15.4 Å². The Bertz CT molecular complexity index is 1050. The number of nitrogens with one attached hydrogen (secondary N) is 2. The van der Waals surface area contributed by atoms with Crippen molar-refractivity contribution in [3.8, 4) is 16.9 Å². The highest BCUT2D eigenvalue weighted by atomic mass is 16.5. The molecule has 0 aliphatic heterocycles. The second kappa shape index (κ2) is 9.47. The van der Waals surface area contributed by atoms with Crippen LogP contribution in [0.25, 0.3) is 11.1 Å². The van der Waals surface area contributed by atoms with Crippen molar-refractivity contribution in [2.24, 2.45) is 11.8 Å². The van der Waals surface area contributed by atoms with Gasteiger partial charge in [0.2, 0.25) is 5.91 Å². The van der Waals surface area contributed by atoms with Gasteiger partial charge in [-0.15, -0.1) is 0 Å². The van der Waals surface area contributed by atoms with E-state index < -0.39 is 0 Å². The molecular weight excluding hydrogens is 388 g/mol. The molecule has 5 nitrogen and oxygen atoms in total. The van der Waals surface area contributed by atoms with E-state index >= 15 is 0 Å². The third kappa shape index (κ3) is 5.31. The van der Waals surface area contributed by atoms with Gasteiger partial charge in [0.1, 0.15) is 12.4 Å². The number of carbonyl (C=O) groups is 2. The van der Waals surface area contributed by atoms with E-state index in [1.807, 2.05) is 54.6 Å². The summed E-state index contributed by atoms with van der Waals surface area (Å²) in [5, 5.41) is 5.77. The first kappa shape index (κ1) is 20.7. The molecule has 158 valence electrons. The van der Waals surface area contributed by atoms with Crippen LogP contribution in [0.2, 0.25) is 0 Å². The van der Waals surface area contributed by atoms with Gasteiger partial charge >= 0.3 is 0 Å². The summed E-state index contributed by atoms with van der Waals surface area (Å²) in [6.45, 7) is 2.82. The van der Waals surface area contributed by atoms with E-state index in [-0.39, 0.29) is 17.7 Å². The van der Waals surface area contributed by atoms with Crippen LogP contribution in [-0.4, -0.2) is 25.0 Å². The van der Waals surface area contributed by atoms with E-state index in [9.17, 15) is 9.59 Å². The second-order valence-electron chi connectivity index (χ2n) is 7.85. The highest BCUT2D eigenvalue weighted by Gasteiger charge is 2.39. The molecule has 1 aliphatic rings. The molecule has 0 saturated heterocycles. The van der Waals surface area contributed by atoms with Crippen LogP contribution in [0.1, 0.15) is 23.7 Å². The summed E-state index contributed by atoms with van der Waals surface area (Å²) in [5.41, 5.74) is 3.36. The van der Waals surface area contributed by atoms with Gasteiger partial charge in [0.25, 0.3) is 5.91 Å². The number of carbonyl (C=O) groups excluding carboxylic acids is 2. The molecule has 2 amide bonds. The lowest BCUT2D eigenvalue weighted by molar-refractivity contribution is -0.117. The molecule has 0 spiro atoms. The van der Waals surface area contributed by atoms with Crippen molar-refractivity contribution >= 4 is 17.5 Å². The van der Waals surface area contributed by atoms with Crippen LogP contribution in [0.5, 0.6) is 5.75 Å². The summed E-state index contributed by atoms with van der Waals surface area (Å²) < 4.78 is 5.92. The van der Waals surface area contributed by atoms with Gasteiger partial charge in [0, 0.05) is 22.7 Å². The lowest BCUT2D eigenvalue weighted by atomic mass is 10.1. The maximum Gasteiger partial charge on any atom is 0.251 e. The first-order valence-corrected chi connectivity index (χ1v) is 10.6. The van der Waals surface area contributed by atoms with Crippen LogP contribution >= 0.6 is 0 Å². The summed E-state index contributed by atoms with van der Waals surface area (Å²) in [6, 6.07) is 24.9. The molecule has 1 saturated carbocycles. The van der Waals surface area contributed by atoms with Crippen molar-refractivity contribution in [3.63, 3.8) is 0 Å². The summed E-state index contributed by atoms with van der Waals surface area (Å²) in [6.07, 6.45) is 0.949. The Balaban J connectivity index is 1.26. The molecule has 2 atom stereocenters. The Kier molecular flexibility index (Phi) is 6.32. The molecule has 0 radical (unpaired) electrons. The number of anilines is 1. The van der Waals surface area contributed by atoms with Crippen LogP contribution in [0.3, 0.4) is 0 Å². The van der Waals surface area contributed by atoms with E-state index in [4.69, 9.17) is 4.74 Å². The average molecular weight is 415 g/mol. The monoisotopic (exact) mass is 414 g/mol. The van der Waals surface area contributed by atoms with Crippen molar-refractivity contribution in [3.05, 3.63) is 84.4 Å². The molecule has 31 heavy (non-hydrogen) atoms. The Morgan fingerprint density at radius 3 is 2.32 bits per heavy atom. The number of benzene rings is 3. The zero-order valence-corrected chi connectivity index (χ0v) is 17.5. The maximum absolute atomic E-state index is 12.4. The van der Waals surface area contributed by atoms with Gasteiger partial charge in [0.05, 0.1) is 6.54 Å². The summed E-state index contributed by atoms with van der Waals surface area (Å²) in [7, 11) is 0. The number of hydrogen-bond acceptors (Lipinski definition) is 3. The largest absolute Gasteiger partial charge is 0.491 e. The molecule has 2 N–H and O–H groups in total. The van der Waals surface area contributed by atoms with Crippen molar-refractivity contribution < 1.29 is 14.3 Å². The molecule has 0 heterocycles. The fourth-order valence-electron chi connectivity index (χ4n) is 3.50.